The highest BCUT2D eigenvalue weighted by atomic mass is 32.2. The van der Waals surface area contributed by atoms with Gasteiger partial charge >= 0.3 is 0 Å². The average molecular weight is 394 g/mol. The minimum atomic E-state index is -0.197. The van der Waals surface area contributed by atoms with Gasteiger partial charge in [0.1, 0.15) is 0 Å². The zero-order valence-corrected chi connectivity index (χ0v) is 17.3. The van der Waals surface area contributed by atoms with Crippen molar-refractivity contribution in [1.82, 2.24) is 20.1 Å². The molecular weight excluding hydrogens is 362 g/mol. The van der Waals surface area contributed by atoms with Crippen LogP contribution in [0.4, 0.5) is 5.95 Å². The van der Waals surface area contributed by atoms with Crippen LogP contribution in [0.15, 0.2) is 16.8 Å². The number of thioether (sulfide) groups is 1. The van der Waals surface area contributed by atoms with Gasteiger partial charge in [-0.25, -0.2) is 0 Å². The predicted octanol–water partition coefficient (Wildman–Crippen LogP) is 2.62. The maximum absolute atomic E-state index is 12.5. The van der Waals surface area contributed by atoms with E-state index < -0.39 is 0 Å². The van der Waals surface area contributed by atoms with E-state index in [2.05, 4.69) is 38.0 Å². The van der Waals surface area contributed by atoms with Crippen LogP contribution < -0.4 is 10.2 Å². The third kappa shape index (κ3) is 5.48. The second-order valence-electron chi connectivity index (χ2n) is 7.04. The third-order valence-corrected chi connectivity index (χ3v) is 6.17. The molecule has 1 N–H and O–H groups in total. The molecule has 3 rings (SSSR count). The van der Waals surface area contributed by atoms with Crippen LogP contribution in [0.3, 0.4) is 0 Å². The predicted molar refractivity (Wildman–Crippen MR) is 108 cm³/mol. The van der Waals surface area contributed by atoms with Gasteiger partial charge in [-0.15, -0.1) is 10.2 Å². The molecular formula is C19H31N5O2S. The summed E-state index contributed by atoms with van der Waals surface area (Å²) in [5.41, 5.74) is 1.49. The molecule has 0 aromatic carbocycles. The summed E-state index contributed by atoms with van der Waals surface area (Å²) in [6.07, 6.45) is 8.26. The van der Waals surface area contributed by atoms with Gasteiger partial charge in [0.05, 0.1) is 18.5 Å². The van der Waals surface area contributed by atoms with Crippen molar-refractivity contribution in [2.45, 2.75) is 62.9 Å². The van der Waals surface area contributed by atoms with Crippen molar-refractivity contribution >= 4 is 23.6 Å². The van der Waals surface area contributed by atoms with E-state index in [0.717, 1.165) is 43.7 Å². The topological polar surface area (TPSA) is 72.3 Å². The van der Waals surface area contributed by atoms with Gasteiger partial charge in [0, 0.05) is 26.2 Å². The number of ether oxygens (including phenoxy) is 1. The quantitative estimate of drug-likeness (QED) is 0.541. The second kappa shape index (κ2) is 10.1. The number of hydrogen-bond donors (Lipinski definition) is 1. The van der Waals surface area contributed by atoms with Crippen LogP contribution in [0.1, 0.15) is 46.0 Å². The largest absolute Gasteiger partial charge is 0.378 e. The first-order valence-electron chi connectivity index (χ1n) is 10.1. The van der Waals surface area contributed by atoms with Crippen molar-refractivity contribution in [1.29, 1.82) is 0 Å². The number of rotatable bonds is 8. The monoisotopic (exact) mass is 393 g/mol. The fourth-order valence-corrected chi connectivity index (χ4v) is 4.41. The Hall–Kier alpha value is -1.54. The number of aromatic nitrogens is 3. The summed E-state index contributed by atoms with van der Waals surface area (Å²) in [6, 6.07) is 0. The van der Waals surface area contributed by atoms with Crippen LogP contribution in [0, 0.1) is 0 Å². The Morgan fingerprint density at radius 1 is 1.33 bits per heavy atom. The summed E-state index contributed by atoms with van der Waals surface area (Å²) in [5, 5.41) is 12.4. The first kappa shape index (κ1) is 20.2. The molecule has 1 aliphatic heterocycles. The van der Waals surface area contributed by atoms with Crippen LogP contribution in [-0.4, -0.2) is 58.8 Å². The average Bonchev–Trinajstić information content (AvgIpc) is 3.11. The maximum Gasteiger partial charge on any atom is 0.233 e. The van der Waals surface area contributed by atoms with E-state index in [9.17, 15) is 4.79 Å². The summed E-state index contributed by atoms with van der Waals surface area (Å²) >= 11 is 1.48. The molecule has 1 aliphatic carbocycles. The van der Waals surface area contributed by atoms with Gasteiger partial charge in [0.2, 0.25) is 11.9 Å². The van der Waals surface area contributed by atoms with E-state index in [4.69, 9.17) is 4.74 Å². The molecule has 1 unspecified atom stereocenters. The Balaban J connectivity index is 1.51. The van der Waals surface area contributed by atoms with Crippen LogP contribution in [-0.2, 0) is 16.1 Å². The number of hydrogen-bond acceptors (Lipinski definition) is 6. The number of allylic oxidation sites excluding steroid dienone is 1. The molecule has 0 bridgehead atoms. The Morgan fingerprint density at radius 3 is 2.85 bits per heavy atom. The zero-order valence-electron chi connectivity index (χ0n) is 16.4. The highest BCUT2D eigenvalue weighted by Crippen LogP contribution is 2.26. The van der Waals surface area contributed by atoms with E-state index in [-0.39, 0.29) is 11.2 Å². The Labute approximate surface area is 165 Å². The lowest BCUT2D eigenvalue weighted by molar-refractivity contribution is -0.120. The van der Waals surface area contributed by atoms with Gasteiger partial charge in [0.25, 0.3) is 0 Å². The standard InChI is InChI=1S/C19H31N5O2S/c1-3-24-18(23-11-13-26-14-12-23)21-22-19(24)27-15(2)17(25)20-10-9-16-7-5-4-6-8-16/h7,15H,3-6,8-14H2,1-2H3,(H,20,25). The summed E-state index contributed by atoms with van der Waals surface area (Å²) in [4.78, 5) is 14.7. The number of nitrogens with zero attached hydrogens (tertiary/aromatic N) is 4. The molecule has 8 heteroatoms. The molecule has 7 nitrogen and oxygen atoms in total. The van der Waals surface area contributed by atoms with Gasteiger partial charge in [-0.05, 0) is 46.0 Å². The van der Waals surface area contributed by atoms with Crippen molar-refractivity contribution in [2.75, 3.05) is 37.7 Å². The number of carbonyl (C=O) groups excluding carboxylic acids is 1. The molecule has 1 atom stereocenters. The summed E-state index contributed by atoms with van der Waals surface area (Å²) in [7, 11) is 0. The van der Waals surface area contributed by atoms with Crippen LogP contribution >= 0.6 is 11.8 Å². The SMILES string of the molecule is CCn1c(SC(C)C(=O)NCCC2=CCCCC2)nnc1N1CCOCC1. The molecule has 1 saturated heterocycles. The van der Waals surface area contributed by atoms with Crippen molar-refractivity contribution in [3.05, 3.63) is 11.6 Å². The lowest BCUT2D eigenvalue weighted by atomic mass is 9.97. The molecule has 1 amide bonds. The number of carbonyl (C=O) groups is 1. The first-order chi connectivity index (χ1) is 13.2. The Morgan fingerprint density at radius 2 is 2.15 bits per heavy atom. The number of morpholine rings is 1. The summed E-state index contributed by atoms with van der Waals surface area (Å²) in [6.45, 7) is 8.61. The lowest BCUT2D eigenvalue weighted by Gasteiger charge is -2.27. The van der Waals surface area contributed by atoms with Gasteiger partial charge in [-0.2, -0.15) is 0 Å². The third-order valence-electron chi connectivity index (χ3n) is 5.09. The molecule has 2 heterocycles. The van der Waals surface area contributed by atoms with Crippen molar-refractivity contribution in [2.24, 2.45) is 0 Å². The molecule has 150 valence electrons. The van der Waals surface area contributed by atoms with E-state index in [1.165, 1.54) is 43.0 Å². The minimum absolute atomic E-state index is 0.0648. The van der Waals surface area contributed by atoms with Crippen LogP contribution in [0.25, 0.3) is 0 Å². The first-order valence-corrected chi connectivity index (χ1v) is 10.9. The Kier molecular flexibility index (Phi) is 7.58. The smallest absolute Gasteiger partial charge is 0.233 e. The van der Waals surface area contributed by atoms with E-state index >= 15 is 0 Å². The van der Waals surface area contributed by atoms with Gasteiger partial charge in [0.15, 0.2) is 5.16 Å². The maximum atomic E-state index is 12.5. The molecule has 0 saturated carbocycles. The molecule has 1 aromatic rings. The zero-order chi connectivity index (χ0) is 19.1. The van der Waals surface area contributed by atoms with Crippen molar-refractivity contribution < 1.29 is 9.53 Å². The van der Waals surface area contributed by atoms with Gasteiger partial charge in [-0.3, -0.25) is 9.36 Å². The van der Waals surface area contributed by atoms with E-state index in [1.807, 2.05) is 6.92 Å². The van der Waals surface area contributed by atoms with Gasteiger partial charge < -0.3 is 15.0 Å². The van der Waals surface area contributed by atoms with E-state index in [0.29, 0.717) is 13.2 Å². The highest BCUT2D eigenvalue weighted by Gasteiger charge is 2.23. The van der Waals surface area contributed by atoms with Gasteiger partial charge in [-0.1, -0.05) is 23.4 Å². The van der Waals surface area contributed by atoms with Crippen LogP contribution in [0.2, 0.25) is 0 Å². The molecule has 1 aromatic heterocycles. The fourth-order valence-electron chi connectivity index (χ4n) is 3.48. The number of nitrogens with one attached hydrogen (secondary N) is 1. The molecule has 2 aliphatic rings. The molecule has 0 spiro atoms. The normalized spacial score (nSPS) is 18.9. The van der Waals surface area contributed by atoms with Crippen LogP contribution in [0.5, 0.6) is 0 Å². The van der Waals surface area contributed by atoms with E-state index in [1.54, 1.807) is 0 Å². The summed E-state index contributed by atoms with van der Waals surface area (Å²) < 4.78 is 7.51. The van der Waals surface area contributed by atoms with Crippen molar-refractivity contribution in [3.8, 4) is 0 Å². The second-order valence-corrected chi connectivity index (χ2v) is 8.34. The molecule has 1 fully saturated rings. The number of anilines is 1. The Bertz CT molecular complexity index is 655. The fraction of sp³-hybridized carbons (Fsp3) is 0.737. The number of amides is 1. The highest BCUT2D eigenvalue weighted by molar-refractivity contribution is 8.00. The minimum Gasteiger partial charge on any atom is -0.378 e. The molecule has 27 heavy (non-hydrogen) atoms. The lowest BCUT2D eigenvalue weighted by Crippen LogP contribution is -2.38. The summed E-state index contributed by atoms with van der Waals surface area (Å²) in [5.74, 6) is 0.940. The molecule has 0 radical (unpaired) electrons. The van der Waals surface area contributed by atoms with Crippen molar-refractivity contribution in [3.63, 3.8) is 0 Å².